The topological polar surface area (TPSA) is 18.5 Å². The summed E-state index contributed by atoms with van der Waals surface area (Å²) in [7, 11) is 0. The van der Waals surface area contributed by atoms with E-state index in [1.54, 1.807) is 18.2 Å². The molecule has 1 aromatic carbocycles. The number of ether oxygens (including phenoxy) is 2. The summed E-state index contributed by atoms with van der Waals surface area (Å²) in [4.78, 5) is 0. The Hall–Kier alpha value is -0.0900. The van der Waals surface area contributed by atoms with Crippen LogP contribution < -0.4 is 4.74 Å². The van der Waals surface area contributed by atoms with Gasteiger partial charge in [0.2, 0.25) is 0 Å². The normalized spacial score (nSPS) is 10.3. The van der Waals surface area contributed by atoms with Gasteiger partial charge in [0.15, 0.2) is 5.75 Å². The van der Waals surface area contributed by atoms with E-state index in [1.165, 1.54) is 0 Å². The third-order valence-electron chi connectivity index (χ3n) is 1.63. The maximum Gasteiger partial charge on any atom is 0.156 e. The number of rotatable bonds is 6. The van der Waals surface area contributed by atoms with E-state index in [0.717, 1.165) is 0 Å². The van der Waals surface area contributed by atoms with Crippen LogP contribution in [0.4, 0.5) is 0 Å². The Bertz CT molecular complexity index is 287. The summed E-state index contributed by atoms with van der Waals surface area (Å²) >= 11 is 15.8. The highest BCUT2D eigenvalue weighted by Crippen LogP contribution is 2.32. The zero-order valence-corrected chi connectivity index (χ0v) is 10.5. The molecule has 0 unspecified atom stereocenters. The van der Waals surface area contributed by atoms with Gasteiger partial charge >= 0.3 is 0 Å². The molecule has 0 radical (unpaired) electrons. The number of thiol groups is 1. The van der Waals surface area contributed by atoms with Gasteiger partial charge in [-0.3, -0.25) is 0 Å². The molecule has 0 heterocycles. The number of benzene rings is 1. The fourth-order valence-electron chi connectivity index (χ4n) is 0.990. The number of hydrogen-bond acceptors (Lipinski definition) is 3. The molecule has 84 valence electrons. The predicted molar refractivity (Wildman–Crippen MR) is 66.6 cm³/mol. The predicted octanol–water partition coefficient (Wildman–Crippen LogP) is 3.32. The lowest BCUT2D eigenvalue weighted by atomic mass is 10.3. The highest BCUT2D eigenvalue weighted by atomic mass is 35.5. The molecule has 0 fully saturated rings. The van der Waals surface area contributed by atoms with Crippen molar-refractivity contribution in [3.63, 3.8) is 0 Å². The molecule has 0 spiro atoms. The molecule has 5 heteroatoms. The maximum absolute atomic E-state index is 5.91. The van der Waals surface area contributed by atoms with E-state index in [1.807, 2.05) is 0 Å². The summed E-state index contributed by atoms with van der Waals surface area (Å²) in [5.41, 5.74) is 0. The Morgan fingerprint density at radius 1 is 1.07 bits per heavy atom. The number of halogens is 2. The third kappa shape index (κ3) is 4.51. The Labute approximate surface area is 105 Å². The molecule has 15 heavy (non-hydrogen) atoms. The van der Waals surface area contributed by atoms with E-state index in [-0.39, 0.29) is 0 Å². The smallest absolute Gasteiger partial charge is 0.156 e. The average Bonchev–Trinajstić information content (AvgIpc) is 2.21. The molecule has 1 aromatic rings. The summed E-state index contributed by atoms with van der Waals surface area (Å²) in [6.45, 7) is 1.54. The molecule has 0 aromatic heterocycles. The van der Waals surface area contributed by atoms with Crippen LogP contribution >= 0.6 is 35.8 Å². The van der Waals surface area contributed by atoms with Crippen LogP contribution in [0.1, 0.15) is 0 Å². The Morgan fingerprint density at radius 2 is 1.73 bits per heavy atom. The molecule has 1 rings (SSSR count). The van der Waals surface area contributed by atoms with E-state index < -0.39 is 0 Å². The third-order valence-corrected chi connectivity index (χ3v) is 2.41. The van der Waals surface area contributed by atoms with Gasteiger partial charge < -0.3 is 9.47 Å². The molecule has 0 atom stereocenters. The van der Waals surface area contributed by atoms with Crippen molar-refractivity contribution in [1.82, 2.24) is 0 Å². The lowest BCUT2D eigenvalue weighted by Gasteiger charge is -2.09. The SMILES string of the molecule is SCCOCCOc1c(Cl)cccc1Cl. The van der Waals surface area contributed by atoms with Gasteiger partial charge in [-0.25, -0.2) is 0 Å². The minimum absolute atomic E-state index is 0.428. The van der Waals surface area contributed by atoms with Gasteiger partial charge in [-0.1, -0.05) is 29.3 Å². The highest BCUT2D eigenvalue weighted by Gasteiger charge is 2.05. The summed E-state index contributed by atoms with van der Waals surface area (Å²) in [5, 5.41) is 1.02. The second-order valence-electron chi connectivity index (χ2n) is 2.74. The first-order chi connectivity index (χ1) is 7.25. The first-order valence-electron chi connectivity index (χ1n) is 4.51. The molecule has 0 saturated heterocycles. The van der Waals surface area contributed by atoms with Gasteiger partial charge in [-0.15, -0.1) is 0 Å². The fourth-order valence-corrected chi connectivity index (χ4v) is 1.63. The Balaban J connectivity index is 2.37. The van der Waals surface area contributed by atoms with Crippen molar-refractivity contribution < 1.29 is 9.47 Å². The van der Waals surface area contributed by atoms with Gasteiger partial charge in [-0.05, 0) is 12.1 Å². The van der Waals surface area contributed by atoms with E-state index in [9.17, 15) is 0 Å². The molecule has 0 aliphatic carbocycles. The minimum atomic E-state index is 0.428. The molecule has 0 N–H and O–H groups in total. The quantitative estimate of drug-likeness (QED) is 0.629. The van der Waals surface area contributed by atoms with Crippen LogP contribution in [0.5, 0.6) is 5.75 Å². The monoisotopic (exact) mass is 266 g/mol. The number of hydrogen-bond donors (Lipinski definition) is 1. The largest absolute Gasteiger partial charge is 0.488 e. The van der Waals surface area contributed by atoms with E-state index in [2.05, 4.69) is 12.6 Å². The summed E-state index contributed by atoms with van der Waals surface area (Å²) in [5.74, 6) is 1.21. The van der Waals surface area contributed by atoms with Crippen molar-refractivity contribution in [3.8, 4) is 5.75 Å². The van der Waals surface area contributed by atoms with Crippen molar-refractivity contribution in [3.05, 3.63) is 28.2 Å². The summed E-state index contributed by atoms with van der Waals surface area (Å²) < 4.78 is 10.6. The van der Waals surface area contributed by atoms with Gasteiger partial charge in [0.25, 0.3) is 0 Å². The lowest BCUT2D eigenvalue weighted by molar-refractivity contribution is 0.112. The van der Waals surface area contributed by atoms with E-state index >= 15 is 0 Å². The second kappa shape index (κ2) is 7.23. The Kier molecular flexibility index (Phi) is 6.25. The maximum atomic E-state index is 5.91. The van der Waals surface area contributed by atoms with Crippen LogP contribution in [0.3, 0.4) is 0 Å². The van der Waals surface area contributed by atoms with Crippen LogP contribution in [0.25, 0.3) is 0 Å². The van der Waals surface area contributed by atoms with E-state index in [0.29, 0.717) is 41.4 Å². The van der Waals surface area contributed by atoms with Crippen molar-refractivity contribution >= 4 is 35.8 Å². The summed E-state index contributed by atoms with van der Waals surface area (Å²) in [6.07, 6.45) is 0. The number of para-hydroxylation sites is 1. The minimum Gasteiger partial charge on any atom is -0.488 e. The molecular weight excluding hydrogens is 255 g/mol. The second-order valence-corrected chi connectivity index (χ2v) is 4.00. The van der Waals surface area contributed by atoms with Crippen molar-refractivity contribution in [2.75, 3.05) is 25.6 Å². The molecule has 0 bridgehead atoms. The standard InChI is InChI=1S/C10H12Cl2O2S/c11-8-2-1-3-9(12)10(8)14-5-4-13-6-7-15/h1-3,15H,4-7H2. The first kappa shape index (κ1) is 13.0. The zero-order chi connectivity index (χ0) is 11.1. The molecule has 0 aliphatic heterocycles. The molecular formula is C10H12Cl2O2S. The Morgan fingerprint density at radius 3 is 2.33 bits per heavy atom. The summed E-state index contributed by atoms with van der Waals surface area (Å²) in [6, 6.07) is 5.24. The van der Waals surface area contributed by atoms with Gasteiger partial charge in [0, 0.05) is 5.75 Å². The van der Waals surface area contributed by atoms with Crippen LogP contribution in [-0.2, 0) is 4.74 Å². The molecule has 0 saturated carbocycles. The lowest BCUT2D eigenvalue weighted by Crippen LogP contribution is -2.08. The van der Waals surface area contributed by atoms with Gasteiger partial charge in [0.05, 0.1) is 23.3 Å². The fraction of sp³-hybridized carbons (Fsp3) is 0.400. The van der Waals surface area contributed by atoms with Crippen molar-refractivity contribution in [2.24, 2.45) is 0 Å². The first-order valence-corrected chi connectivity index (χ1v) is 5.90. The van der Waals surface area contributed by atoms with Crippen LogP contribution in [0.15, 0.2) is 18.2 Å². The molecule has 2 nitrogen and oxygen atoms in total. The van der Waals surface area contributed by atoms with Gasteiger partial charge in [-0.2, -0.15) is 12.6 Å². The average molecular weight is 267 g/mol. The van der Waals surface area contributed by atoms with Crippen molar-refractivity contribution in [1.29, 1.82) is 0 Å². The van der Waals surface area contributed by atoms with Gasteiger partial charge in [0.1, 0.15) is 6.61 Å². The highest BCUT2D eigenvalue weighted by molar-refractivity contribution is 7.80. The van der Waals surface area contributed by atoms with E-state index in [4.69, 9.17) is 32.7 Å². The molecule has 0 aliphatic rings. The molecule has 0 amide bonds. The van der Waals surface area contributed by atoms with Crippen LogP contribution in [0, 0.1) is 0 Å². The van der Waals surface area contributed by atoms with Crippen LogP contribution in [0.2, 0.25) is 10.0 Å². The van der Waals surface area contributed by atoms with Crippen LogP contribution in [-0.4, -0.2) is 25.6 Å². The van der Waals surface area contributed by atoms with Crippen molar-refractivity contribution in [2.45, 2.75) is 0 Å². The zero-order valence-electron chi connectivity index (χ0n) is 8.08.